The fourth-order valence-corrected chi connectivity index (χ4v) is 2.47. The topological polar surface area (TPSA) is 58.2 Å². The van der Waals surface area contributed by atoms with Crippen molar-refractivity contribution in [3.8, 4) is 0 Å². The summed E-state index contributed by atoms with van der Waals surface area (Å²) in [6.07, 6.45) is 0.603. The van der Waals surface area contributed by atoms with Gasteiger partial charge in [-0.15, -0.1) is 0 Å². The molecule has 23 heavy (non-hydrogen) atoms. The number of para-hydroxylation sites is 1. The van der Waals surface area contributed by atoms with E-state index >= 15 is 0 Å². The van der Waals surface area contributed by atoms with Crippen LogP contribution in [0.15, 0.2) is 42.5 Å². The average molecular weight is 351 g/mol. The first-order chi connectivity index (χ1) is 11.0. The molecule has 0 radical (unpaired) electrons. The Morgan fingerprint density at radius 2 is 1.48 bits per heavy atom. The van der Waals surface area contributed by atoms with E-state index in [1.165, 1.54) is 5.56 Å². The van der Waals surface area contributed by atoms with Crippen LogP contribution in [0.2, 0.25) is 10.0 Å². The number of aryl methyl sites for hydroxylation is 1. The first-order valence-electron chi connectivity index (χ1n) is 7.12. The van der Waals surface area contributed by atoms with Crippen molar-refractivity contribution in [1.82, 2.24) is 0 Å². The highest BCUT2D eigenvalue weighted by atomic mass is 35.5. The van der Waals surface area contributed by atoms with Crippen LogP contribution in [0.25, 0.3) is 0 Å². The molecule has 0 heterocycles. The van der Waals surface area contributed by atoms with Crippen LogP contribution in [0.1, 0.15) is 18.9 Å². The SMILES string of the molecule is CCc1ccc(NC(=O)CC(=O)Nc2c(Cl)cccc2Cl)cc1. The van der Waals surface area contributed by atoms with Gasteiger partial charge in [-0.3, -0.25) is 9.59 Å². The molecule has 2 amide bonds. The summed E-state index contributed by atoms with van der Waals surface area (Å²) in [4.78, 5) is 23.8. The maximum Gasteiger partial charge on any atom is 0.233 e. The Morgan fingerprint density at radius 3 is 2.04 bits per heavy atom. The number of hydrogen-bond donors (Lipinski definition) is 2. The first kappa shape index (κ1) is 17.3. The lowest BCUT2D eigenvalue weighted by atomic mass is 10.1. The van der Waals surface area contributed by atoms with E-state index in [-0.39, 0.29) is 6.42 Å². The molecule has 0 aliphatic rings. The predicted octanol–water partition coefficient (Wildman–Crippen LogP) is 4.52. The second-order valence-electron chi connectivity index (χ2n) is 4.92. The minimum atomic E-state index is -0.484. The summed E-state index contributed by atoms with van der Waals surface area (Å²) >= 11 is 11.9. The number of rotatable bonds is 5. The zero-order valence-electron chi connectivity index (χ0n) is 12.5. The molecule has 2 rings (SSSR count). The molecule has 4 nitrogen and oxygen atoms in total. The van der Waals surface area contributed by atoms with E-state index in [1.807, 2.05) is 12.1 Å². The zero-order chi connectivity index (χ0) is 16.8. The maximum absolute atomic E-state index is 11.9. The number of anilines is 2. The third-order valence-corrected chi connectivity index (χ3v) is 3.82. The summed E-state index contributed by atoms with van der Waals surface area (Å²) < 4.78 is 0. The van der Waals surface area contributed by atoms with Gasteiger partial charge in [-0.2, -0.15) is 0 Å². The summed E-state index contributed by atoms with van der Waals surface area (Å²) in [6.45, 7) is 2.05. The molecule has 0 saturated carbocycles. The summed E-state index contributed by atoms with van der Waals surface area (Å²) in [5.74, 6) is -0.891. The van der Waals surface area contributed by atoms with Gasteiger partial charge in [-0.05, 0) is 36.2 Å². The van der Waals surface area contributed by atoms with Gasteiger partial charge >= 0.3 is 0 Å². The van der Waals surface area contributed by atoms with Crippen LogP contribution >= 0.6 is 23.2 Å². The van der Waals surface area contributed by atoms with Gasteiger partial charge in [0.1, 0.15) is 6.42 Å². The predicted molar refractivity (Wildman–Crippen MR) is 94.2 cm³/mol. The van der Waals surface area contributed by atoms with Gasteiger partial charge in [0.25, 0.3) is 0 Å². The molecular formula is C17H16Cl2N2O2. The molecule has 0 aliphatic carbocycles. The first-order valence-corrected chi connectivity index (χ1v) is 7.88. The molecule has 0 unspecified atom stereocenters. The summed E-state index contributed by atoms with van der Waals surface area (Å²) in [6, 6.07) is 12.4. The van der Waals surface area contributed by atoms with Crippen molar-refractivity contribution < 1.29 is 9.59 Å². The maximum atomic E-state index is 11.9. The van der Waals surface area contributed by atoms with Crippen molar-refractivity contribution in [2.75, 3.05) is 10.6 Å². The van der Waals surface area contributed by atoms with Crippen LogP contribution in [0, 0.1) is 0 Å². The summed E-state index contributed by atoms with van der Waals surface area (Å²) in [7, 11) is 0. The molecule has 120 valence electrons. The van der Waals surface area contributed by atoms with Crippen molar-refractivity contribution in [3.05, 3.63) is 58.1 Å². The molecule has 0 aliphatic heterocycles. The minimum absolute atomic E-state index is 0.306. The fourth-order valence-electron chi connectivity index (χ4n) is 1.98. The summed E-state index contributed by atoms with van der Waals surface area (Å²) in [5, 5.41) is 5.86. The Labute approximate surface area is 144 Å². The molecule has 0 fully saturated rings. The standard InChI is InChI=1S/C17H16Cl2N2O2/c1-2-11-6-8-12(9-7-11)20-15(22)10-16(23)21-17-13(18)4-3-5-14(17)19/h3-9H,2,10H2,1H3,(H,20,22)(H,21,23). The Hall–Kier alpha value is -2.04. The molecule has 0 aromatic heterocycles. The van der Waals surface area contributed by atoms with Crippen LogP contribution in [0.5, 0.6) is 0 Å². The van der Waals surface area contributed by atoms with Crippen LogP contribution in [-0.4, -0.2) is 11.8 Å². The van der Waals surface area contributed by atoms with Crippen molar-refractivity contribution >= 4 is 46.4 Å². The molecular weight excluding hydrogens is 335 g/mol. The average Bonchev–Trinajstić information content (AvgIpc) is 2.51. The fraction of sp³-hybridized carbons (Fsp3) is 0.176. The van der Waals surface area contributed by atoms with E-state index in [0.717, 1.165) is 6.42 Å². The van der Waals surface area contributed by atoms with Crippen LogP contribution in [0.4, 0.5) is 11.4 Å². The number of hydrogen-bond acceptors (Lipinski definition) is 2. The highest BCUT2D eigenvalue weighted by Gasteiger charge is 2.13. The lowest BCUT2D eigenvalue weighted by Gasteiger charge is -2.09. The van der Waals surface area contributed by atoms with E-state index < -0.39 is 11.8 Å². The quantitative estimate of drug-likeness (QED) is 0.778. The van der Waals surface area contributed by atoms with Gasteiger partial charge in [-0.1, -0.05) is 48.3 Å². The minimum Gasteiger partial charge on any atom is -0.326 e. The number of carbonyl (C=O) groups excluding carboxylic acids is 2. The van der Waals surface area contributed by atoms with E-state index in [4.69, 9.17) is 23.2 Å². The second kappa shape index (κ2) is 7.99. The highest BCUT2D eigenvalue weighted by Crippen LogP contribution is 2.29. The largest absolute Gasteiger partial charge is 0.326 e. The smallest absolute Gasteiger partial charge is 0.233 e. The van der Waals surface area contributed by atoms with Crippen molar-refractivity contribution in [2.24, 2.45) is 0 Å². The Balaban J connectivity index is 1.93. The molecule has 2 N–H and O–H groups in total. The second-order valence-corrected chi connectivity index (χ2v) is 5.73. The van der Waals surface area contributed by atoms with Gasteiger partial charge < -0.3 is 10.6 Å². The number of halogens is 2. The van der Waals surface area contributed by atoms with Gasteiger partial charge in [0.15, 0.2) is 0 Å². The Morgan fingerprint density at radius 1 is 0.913 bits per heavy atom. The number of carbonyl (C=O) groups is 2. The third kappa shape index (κ3) is 4.98. The van der Waals surface area contributed by atoms with E-state index in [1.54, 1.807) is 30.3 Å². The third-order valence-electron chi connectivity index (χ3n) is 3.19. The van der Waals surface area contributed by atoms with Crippen molar-refractivity contribution in [2.45, 2.75) is 19.8 Å². The van der Waals surface area contributed by atoms with Gasteiger partial charge in [0.05, 0.1) is 15.7 Å². The normalized spacial score (nSPS) is 10.2. The number of nitrogens with one attached hydrogen (secondary N) is 2. The van der Waals surface area contributed by atoms with Crippen molar-refractivity contribution in [3.63, 3.8) is 0 Å². The van der Waals surface area contributed by atoms with E-state index in [2.05, 4.69) is 17.6 Å². The molecule has 0 atom stereocenters. The van der Waals surface area contributed by atoms with E-state index in [9.17, 15) is 9.59 Å². The molecule has 0 saturated heterocycles. The lowest BCUT2D eigenvalue weighted by molar-refractivity contribution is -0.123. The lowest BCUT2D eigenvalue weighted by Crippen LogP contribution is -2.21. The van der Waals surface area contributed by atoms with Gasteiger partial charge in [0.2, 0.25) is 11.8 Å². The van der Waals surface area contributed by atoms with Gasteiger partial charge in [0, 0.05) is 5.69 Å². The monoisotopic (exact) mass is 350 g/mol. The van der Waals surface area contributed by atoms with Gasteiger partial charge in [-0.25, -0.2) is 0 Å². The van der Waals surface area contributed by atoms with Crippen LogP contribution in [0.3, 0.4) is 0 Å². The molecule has 2 aromatic rings. The van der Waals surface area contributed by atoms with Crippen molar-refractivity contribution in [1.29, 1.82) is 0 Å². The molecule has 0 spiro atoms. The highest BCUT2D eigenvalue weighted by molar-refractivity contribution is 6.39. The summed E-state index contributed by atoms with van der Waals surface area (Å²) in [5.41, 5.74) is 2.13. The van der Waals surface area contributed by atoms with Crippen LogP contribution in [-0.2, 0) is 16.0 Å². The molecule has 6 heteroatoms. The number of amides is 2. The Kier molecular flexibility index (Phi) is 6.02. The molecule has 2 aromatic carbocycles. The zero-order valence-corrected chi connectivity index (χ0v) is 14.0. The molecule has 0 bridgehead atoms. The number of benzene rings is 2. The Bertz CT molecular complexity index is 695. The van der Waals surface area contributed by atoms with Crippen LogP contribution < -0.4 is 10.6 Å². The van der Waals surface area contributed by atoms with E-state index in [0.29, 0.717) is 21.4 Å².